The molecule has 1 aromatic carbocycles. The molecule has 2 aromatic heterocycles. The van der Waals surface area contributed by atoms with Gasteiger partial charge in [0, 0.05) is 5.39 Å². The van der Waals surface area contributed by atoms with E-state index in [0.29, 0.717) is 11.3 Å². The van der Waals surface area contributed by atoms with Crippen molar-refractivity contribution >= 4 is 21.9 Å². The predicted octanol–water partition coefficient (Wildman–Crippen LogP) is 2.24. The zero-order valence-corrected chi connectivity index (χ0v) is 7.98. The molecular weight excluding hydrogens is 194 g/mol. The van der Waals surface area contributed by atoms with E-state index in [9.17, 15) is 4.79 Å². The molecule has 0 unspecified atom stereocenters. The lowest BCUT2D eigenvalue weighted by molar-refractivity contribution is 0.403. The molecule has 0 fully saturated rings. The molecule has 0 spiro atoms. The molecule has 0 radical (unpaired) electrons. The molecule has 2 heterocycles. The quantitative estimate of drug-likeness (QED) is 0.523. The van der Waals surface area contributed by atoms with Crippen LogP contribution in [-0.2, 0) is 0 Å². The van der Waals surface area contributed by atoms with Crippen LogP contribution in [0.5, 0.6) is 0 Å². The Labute approximate surface area is 84.1 Å². The molecule has 3 aromatic rings. The maximum atomic E-state index is 11.5. The van der Waals surface area contributed by atoms with Crippen molar-refractivity contribution in [2.75, 3.05) is 0 Å². The van der Waals surface area contributed by atoms with Gasteiger partial charge in [0.2, 0.25) is 0 Å². The van der Waals surface area contributed by atoms with E-state index in [1.54, 1.807) is 13.0 Å². The molecular formula is C11H7NO3. The first-order valence-electron chi connectivity index (χ1n) is 4.55. The number of para-hydroxylation sites is 1. The van der Waals surface area contributed by atoms with Crippen molar-refractivity contribution in [1.82, 2.24) is 5.16 Å². The van der Waals surface area contributed by atoms with E-state index in [1.807, 2.05) is 18.2 Å². The SMILES string of the molecule is Cc1onc2c(=O)oc3ccccc3c12. The van der Waals surface area contributed by atoms with Gasteiger partial charge in [-0.15, -0.1) is 0 Å². The third kappa shape index (κ3) is 1.01. The lowest BCUT2D eigenvalue weighted by Crippen LogP contribution is -1.99. The van der Waals surface area contributed by atoms with Crippen LogP contribution in [-0.4, -0.2) is 5.16 Å². The minimum atomic E-state index is -0.458. The van der Waals surface area contributed by atoms with Crippen LogP contribution >= 0.6 is 0 Å². The fourth-order valence-corrected chi connectivity index (χ4v) is 1.74. The first-order valence-corrected chi connectivity index (χ1v) is 4.55. The fourth-order valence-electron chi connectivity index (χ4n) is 1.74. The summed E-state index contributed by atoms with van der Waals surface area (Å²) in [5.74, 6) is 0.633. The summed E-state index contributed by atoms with van der Waals surface area (Å²) in [4.78, 5) is 11.5. The third-order valence-corrected chi connectivity index (χ3v) is 2.42. The van der Waals surface area contributed by atoms with Crippen molar-refractivity contribution in [2.24, 2.45) is 0 Å². The third-order valence-electron chi connectivity index (χ3n) is 2.42. The van der Waals surface area contributed by atoms with Crippen molar-refractivity contribution in [1.29, 1.82) is 0 Å². The second-order valence-corrected chi connectivity index (χ2v) is 3.35. The van der Waals surface area contributed by atoms with Gasteiger partial charge in [0.25, 0.3) is 0 Å². The van der Waals surface area contributed by atoms with Crippen molar-refractivity contribution in [2.45, 2.75) is 6.92 Å². The minimum Gasteiger partial charge on any atom is -0.421 e. The Morgan fingerprint density at radius 3 is 2.93 bits per heavy atom. The summed E-state index contributed by atoms with van der Waals surface area (Å²) in [7, 11) is 0. The summed E-state index contributed by atoms with van der Waals surface area (Å²) in [6, 6.07) is 7.33. The highest BCUT2D eigenvalue weighted by atomic mass is 16.5. The molecule has 4 nitrogen and oxygen atoms in total. The highest BCUT2D eigenvalue weighted by Gasteiger charge is 2.13. The lowest BCUT2D eigenvalue weighted by atomic mass is 10.1. The number of aromatic nitrogens is 1. The molecule has 4 heteroatoms. The van der Waals surface area contributed by atoms with Crippen LogP contribution in [0.2, 0.25) is 0 Å². The van der Waals surface area contributed by atoms with Gasteiger partial charge in [0.1, 0.15) is 11.3 Å². The highest BCUT2D eigenvalue weighted by Crippen LogP contribution is 2.24. The molecule has 0 aliphatic rings. The first-order chi connectivity index (χ1) is 7.27. The second kappa shape index (κ2) is 2.70. The smallest absolute Gasteiger partial charge is 0.366 e. The van der Waals surface area contributed by atoms with Gasteiger partial charge in [-0.05, 0) is 13.0 Å². The minimum absolute atomic E-state index is 0.256. The fraction of sp³-hybridized carbons (Fsp3) is 0.0909. The Kier molecular flexibility index (Phi) is 1.48. The largest absolute Gasteiger partial charge is 0.421 e. The van der Waals surface area contributed by atoms with Crippen molar-refractivity contribution in [3.8, 4) is 0 Å². The number of nitrogens with zero attached hydrogens (tertiary/aromatic N) is 1. The van der Waals surface area contributed by atoms with E-state index in [4.69, 9.17) is 8.94 Å². The van der Waals surface area contributed by atoms with Gasteiger partial charge in [-0.3, -0.25) is 0 Å². The number of benzene rings is 1. The zero-order valence-electron chi connectivity index (χ0n) is 7.98. The summed E-state index contributed by atoms with van der Waals surface area (Å²) < 4.78 is 10.1. The van der Waals surface area contributed by atoms with Crippen LogP contribution in [0.1, 0.15) is 5.76 Å². The second-order valence-electron chi connectivity index (χ2n) is 3.35. The van der Waals surface area contributed by atoms with Gasteiger partial charge >= 0.3 is 5.63 Å². The van der Waals surface area contributed by atoms with Gasteiger partial charge in [0.15, 0.2) is 5.52 Å². The van der Waals surface area contributed by atoms with E-state index in [0.717, 1.165) is 10.8 Å². The number of hydrogen-bond acceptors (Lipinski definition) is 4. The van der Waals surface area contributed by atoms with Crippen LogP contribution < -0.4 is 5.63 Å². The molecule has 0 N–H and O–H groups in total. The van der Waals surface area contributed by atoms with Crippen LogP contribution in [0.15, 0.2) is 38.0 Å². The average Bonchev–Trinajstić information content (AvgIpc) is 2.62. The average molecular weight is 201 g/mol. The number of fused-ring (bicyclic) bond motifs is 3. The summed E-state index contributed by atoms with van der Waals surface area (Å²) in [5, 5.41) is 5.28. The molecule has 0 amide bonds. The van der Waals surface area contributed by atoms with Gasteiger partial charge < -0.3 is 8.94 Å². The molecule has 0 atom stereocenters. The summed E-state index contributed by atoms with van der Waals surface area (Å²) in [6.07, 6.45) is 0. The molecule has 0 saturated heterocycles. The molecule has 15 heavy (non-hydrogen) atoms. The van der Waals surface area contributed by atoms with Gasteiger partial charge in [-0.25, -0.2) is 4.79 Å². The maximum Gasteiger partial charge on any atom is 0.366 e. The summed E-state index contributed by atoms with van der Waals surface area (Å²) in [6.45, 7) is 1.78. The zero-order chi connectivity index (χ0) is 10.4. The Balaban J connectivity index is 2.74. The van der Waals surface area contributed by atoms with Gasteiger partial charge in [-0.2, -0.15) is 0 Å². The van der Waals surface area contributed by atoms with Crippen LogP contribution in [0, 0.1) is 6.92 Å². The van der Waals surface area contributed by atoms with Crippen molar-refractivity contribution < 1.29 is 8.94 Å². The molecule has 0 saturated carbocycles. The van der Waals surface area contributed by atoms with Gasteiger partial charge in [0.05, 0.1) is 5.39 Å². The molecule has 0 bridgehead atoms. The lowest BCUT2D eigenvalue weighted by Gasteiger charge is -1.95. The summed E-state index contributed by atoms with van der Waals surface area (Å²) in [5.41, 5.74) is 0.355. The Hall–Kier alpha value is -2.10. The monoisotopic (exact) mass is 201 g/mol. The van der Waals surface area contributed by atoms with E-state index in [-0.39, 0.29) is 5.52 Å². The number of hydrogen-bond donors (Lipinski definition) is 0. The van der Waals surface area contributed by atoms with E-state index in [2.05, 4.69) is 5.16 Å². The molecule has 3 rings (SSSR count). The first kappa shape index (κ1) is 8.23. The van der Waals surface area contributed by atoms with Crippen LogP contribution in [0.3, 0.4) is 0 Å². The Morgan fingerprint density at radius 2 is 2.07 bits per heavy atom. The molecule has 0 aliphatic heterocycles. The molecule has 74 valence electrons. The standard InChI is InChI=1S/C11H7NO3/c1-6-9-7-4-2-3-5-8(7)14-11(13)10(9)12-15-6/h2-5H,1H3. The summed E-state index contributed by atoms with van der Waals surface area (Å²) >= 11 is 0. The predicted molar refractivity (Wildman–Crippen MR) is 54.8 cm³/mol. The van der Waals surface area contributed by atoms with Gasteiger partial charge in [-0.1, -0.05) is 23.4 Å². The van der Waals surface area contributed by atoms with Crippen molar-refractivity contribution in [3.05, 3.63) is 40.4 Å². The number of rotatable bonds is 0. The maximum absolute atomic E-state index is 11.5. The normalized spacial score (nSPS) is 11.3. The van der Waals surface area contributed by atoms with Crippen LogP contribution in [0.4, 0.5) is 0 Å². The van der Waals surface area contributed by atoms with E-state index >= 15 is 0 Å². The van der Waals surface area contributed by atoms with E-state index in [1.165, 1.54) is 0 Å². The topological polar surface area (TPSA) is 56.2 Å². The van der Waals surface area contributed by atoms with Crippen LogP contribution in [0.25, 0.3) is 21.9 Å². The Bertz CT molecular complexity index is 708. The van der Waals surface area contributed by atoms with Crippen molar-refractivity contribution in [3.63, 3.8) is 0 Å². The Morgan fingerprint density at radius 1 is 1.27 bits per heavy atom. The number of aryl methyl sites for hydroxylation is 1. The van der Waals surface area contributed by atoms with E-state index < -0.39 is 5.63 Å². The molecule has 0 aliphatic carbocycles. The highest BCUT2D eigenvalue weighted by molar-refractivity contribution is 6.03.